The molecule has 0 spiro atoms. The van der Waals surface area contributed by atoms with Gasteiger partial charge in [-0.2, -0.15) is 0 Å². The molecular weight excluding hydrogens is 192 g/mol. The Hall–Kier alpha value is -0.940. The second-order valence-electron chi connectivity index (χ2n) is 4.75. The van der Waals surface area contributed by atoms with Gasteiger partial charge in [-0.15, -0.1) is 5.10 Å². The Bertz CT molecular complexity index is 325. The number of aromatic nitrogens is 3. The first-order valence-corrected chi connectivity index (χ1v) is 5.20. The van der Waals surface area contributed by atoms with Crippen LogP contribution in [0.4, 0.5) is 0 Å². The maximum absolute atomic E-state index is 9.74. The van der Waals surface area contributed by atoms with Crippen molar-refractivity contribution in [3.8, 4) is 0 Å². The summed E-state index contributed by atoms with van der Waals surface area (Å²) in [6, 6.07) is 0. The summed E-state index contributed by atoms with van der Waals surface area (Å²) in [6.45, 7) is 8.46. The summed E-state index contributed by atoms with van der Waals surface area (Å²) in [7, 11) is 0. The van der Waals surface area contributed by atoms with Gasteiger partial charge in [0.25, 0.3) is 0 Å². The highest BCUT2D eigenvalue weighted by atomic mass is 16.3. The summed E-state index contributed by atoms with van der Waals surface area (Å²) in [5.41, 5.74) is 6.63. The first-order chi connectivity index (χ1) is 6.85. The molecule has 0 saturated carbocycles. The molecule has 86 valence electrons. The van der Waals surface area contributed by atoms with Gasteiger partial charge in [0.15, 0.2) is 0 Å². The van der Waals surface area contributed by atoms with E-state index in [2.05, 4.69) is 24.2 Å². The average Bonchev–Trinajstić information content (AvgIpc) is 2.44. The van der Waals surface area contributed by atoms with Crippen LogP contribution in [-0.4, -0.2) is 25.7 Å². The standard InChI is InChI=1S/C10H20N4O/c1-7(2)9-8(5-11)12-13-14(9)6-10(3,4)15/h7,15H,5-6,11H2,1-4H3. The van der Waals surface area contributed by atoms with Gasteiger partial charge in [0.05, 0.1) is 23.5 Å². The fourth-order valence-electron chi connectivity index (χ4n) is 1.62. The quantitative estimate of drug-likeness (QED) is 0.767. The van der Waals surface area contributed by atoms with Crippen molar-refractivity contribution in [1.29, 1.82) is 0 Å². The highest BCUT2D eigenvalue weighted by Crippen LogP contribution is 2.19. The molecule has 1 aromatic heterocycles. The number of rotatable bonds is 4. The van der Waals surface area contributed by atoms with E-state index >= 15 is 0 Å². The molecule has 0 aromatic carbocycles. The number of aliphatic hydroxyl groups is 1. The lowest BCUT2D eigenvalue weighted by molar-refractivity contribution is 0.0560. The molecular formula is C10H20N4O. The molecule has 0 saturated heterocycles. The van der Waals surface area contributed by atoms with Gasteiger partial charge in [0, 0.05) is 6.54 Å². The Morgan fingerprint density at radius 1 is 1.47 bits per heavy atom. The van der Waals surface area contributed by atoms with E-state index in [0.717, 1.165) is 11.4 Å². The summed E-state index contributed by atoms with van der Waals surface area (Å²) in [5, 5.41) is 17.8. The van der Waals surface area contributed by atoms with E-state index < -0.39 is 5.60 Å². The molecule has 15 heavy (non-hydrogen) atoms. The molecule has 5 nitrogen and oxygen atoms in total. The molecule has 0 fully saturated rings. The molecule has 1 heterocycles. The molecule has 0 bridgehead atoms. The largest absolute Gasteiger partial charge is 0.389 e. The van der Waals surface area contributed by atoms with Crippen molar-refractivity contribution in [2.75, 3.05) is 0 Å². The average molecular weight is 212 g/mol. The van der Waals surface area contributed by atoms with E-state index in [1.165, 1.54) is 0 Å². The van der Waals surface area contributed by atoms with Crippen LogP contribution in [0.2, 0.25) is 0 Å². The zero-order valence-corrected chi connectivity index (χ0v) is 9.86. The number of nitrogens with two attached hydrogens (primary N) is 1. The molecule has 1 aromatic rings. The van der Waals surface area contributed by atoms with E-state index in [-0.39, 0.29) is 0 Å². The Balaban J connectivity index is 3.03. The lowest BCUT2D eigenvalue weighted by Crippen LogP contribution is -2.28. The zero-order valence-electron chi connectivity index (χ0n) is 9.86. The van der Waals surface area contributed by atoms with Crippen molar-refractivity contribution in [1.82, 2.24) is 15.0 Å². The molecule has 3 N–H and O–H groups in total. The molecule has 0 amide bonds. The maximum Gasteiger partial charge on any atom is 0.0997 e. The third-order valence-corrected chi connectivity index (χ3v) is 2.12. The molecule has 0 radical (unpaired) electrons. The molecule has 0 unspecified atom stereocenters. The Morgan fingerprint density at radius 3 is 2.47 bits per heavy atom. The fourth-order valence-corrected chi connectivity index (χ4v) is 1.62. The van der Waals surface area contributed by atoms with Gasteiger partial charge >= 0.3 is 0 Å². The highest BCUT2D eigenvalue weighted by Gasteiger charge is 2.20. The summed E-state index contributed by atoms with van der Waals surface area (Å²) in [4.78, 5) is 0. The number of hydrogen-bond acceptors (Lipinski definition) is 4. The van der Waals surface area contributed by atoms with Crippen LogP contribution in [0.5, 0.6) is 0 Å². The Labute approximate surface area is 90.3 Å². The SMILES string of the molecule is CC(C)c1c(CN)nnn1CC(C)(C)O. The smallest absolute Gasteiger partial charge is 0.0997 e. The van der Waals surface area contributed by atoms with Crippen molar-refractivity contribution >= 4 is 0 Å². The van der Waals surface area contributed by atoms with Crippen molar-refractivity contribution in [2.24, 2.45) is 5.73 Å². The normalized spacial score (nSPS) is 12.5. The fraction of sp³-hybridized carbons (Fsp3) is 0.800. The minimum Gasteiger partial charge on any atom is -0.389 e. The topological polar surface area (TPSA) is 77.0 Å². The first kappa shape index (κ1) is 12.1. The van der Waals surface area contributed by atoms with Crippen LogP contribution in [-0.2, 0) is 13.1 Å². The van der Waals surface area contributed by atoms with Crippen LogP contribution in [0.1, 0.15) is 45.0 Å². The number of nitrogens with zero attached hydrogens (tertiary/aromatic N) is 3. The molecule has 5 heteroatoms. The van der Waals surface area contributed by atoms with Gasteiger partial charge in [-0.05, 0) is 19.8 Å². The van der Waals surface area contributed by atoms with Gasteiger partial charge in [-0.1, -0.05) is 19.1 Å². The maximum atomic E-state index is 9.74. The van der Waals surface area contributed by atoms with Crippen LogP contribution in [0.15, 0.2) is 0 Å². The van der Waals surface area contributed by atoms with Crippen LogP contribution in [0, 0.1) is 0 Å². The summed E-state index contributed by atoms with van der Waals surface area (Å²) < 4.78 is 1.74. The summed E-state index contributed by atoms with van der Waals surface area (Å²) >= 11 is 0. The molecule has 0 atom stereocenters. The third kappa shape index (κ3) is 3.00. The van der Waals surface area contributed by atoms with E-state index in [0.29, 0.717) is 19.0 Å². The van der Waals surface area contributed by atoms with Gasteiger partial charge in [-0.3, -0.25) is 0 Å². The van der Waals surface area contributed by atoms with Crippen molar-refractivity contribution in [2.45, 2.75) is 52.3 Å². The number of hydrogen-bond donors (Lipinski definition) is 2. The van der Waals surface area contributed by atoms with E-state index in [4.69, 9.17) is 5.73 Å². The predicted molar refractivity (Wildman–Crippen MR) is 58.3 cm³/mol. The molecule has 0 aliphatic heterocycles. The summed E-state index contributed by atoms with van der Waals surface area (Å²) in [6.07, 6.45) is 0. The van der Waals surface area contributed by atoms with Crippen molar-refractivity contribution in [3.05, 3.63) is 11.4 Å². The van der Waals surface area contributed by atoms with E-state index in [1.807, 2.05) is 0 Å². The van der Waals surface area contributed by atoms with Gasteiger partial charge in [0.1, 0.15) is 0 Å². The first-order valence-electron chi connectivity index (χ1n) is 5.20. The van der Waals surface area contributed by atoms with E-state index in [1.54, 1.807) is 18.5 Å². The second kappa shape index (κ2) is 4.28. The monoisotopic (exact) mass is 212 g/mol. The van der Waals surface area contributed by atoms with Gasteiger partial charge in [0.2, 0.25) is 0 Å². The lowest BCUT2D eigenvalue weighted by atomic mass is 10.1. The van der Waals surface area contributed by atoms with Crippen LogP contribution in [0.25, 0.3) is 0 Å². The van der Waals surface area contributed by atoms with Gasteiger partial charge in [-0.25, -0.2) is 4.68 Å². The van der Waals surface area contributed by atoms with E-state index in [9.17, 15) is 5.11 Å². The minimum atomic E-state index is -0.788. The second-order valence-corrected chi connectivity index (χ2v) is 4.75. The molecule has 0 aliphatic carbocycles. The minimum absolute atomic E-state index is 0.306. The van der Waals surface area contributed by atoms with Crippen LogP contribution >= 0.6 is 0 Å². The lowest BCUT2D eigenvalue weighted by Gasteiger charge is -2.19. The third-order valence-electron chi connectivity index (χ3n) is 2.12. The predicted octanol–water partition coefficient (Wildman–Crippen LogP) is 0.631. The summed E-state index contributed by atoms with van der Waals surface area (Å²) in [5.74, 6) is 0.306. The zero-order chi connectivity index (χ0) is 11.6. The van der Waals surface area contributed by atoms with Crippen molar-refractivity contribution in [3.63, 3.8) is 0 Å². The molecule has 1 rings (SSSR count). The highest BCUT2D eigenvalue weighted by molar-refractivity contribution is 5.14. The van der Waals surface area contributed by atoms with Gasteiger partial charge < -0.3 is 10.8 Å². The Kier molecular flexibility index (Phi) is 3.46. The Morgan fingerprint density at radius 2 is 2.07 bits per heavy atom. The molecule has 0 aliphatic rings. The van der Waals surface area contributed by atoms with Crippen molar-refractivity contribution < 1.29 is 5.11 Å². The van der Waals surface area contributed by atoms with Crippen LogP contribution in [0.3, 0.4) is 0 Å². The van der Waals surface area contributed by atoms with Crippen LogP contribution < -0.4 is 5.73 Å².